The number of rotatable bonds is 2. The Kier molecular flexibility index (Phi) is 4.03. The van der Waals surface area contributed by atoms with Gasteiger partial charge in [0.25, 0.3) is 11.7 Å². The van der Waals surface area contributed by atoms with Crippen LogP contribution in [-0.2, 0) is 9.59 Å². The Morgan fingerprint density at radius 3 is 2.89 bits per heavy atom. The molecule has 1 aliphatic heterocycles. The predicted molar refractivity (Wildman–Crippen MR) is 74.0 cm³/mol. The van der Waals surface area contributed by atoms with E-state index >= 15 is 0 Å². The predicted octanol–water partition coefficient (Wildman–Crippen LogP) is 1.84. The summed E-state index contributed by atoms with van der Waals surface area (Å²) in [4.78, 5) is 33.3. The van der Waals surface area contributed by atoms with E-state index in [2.05, 4.69) is 17.2 Å². The molecule has 0 bridgehead atoms. The third-order valence-corrected chi connectivity index (χ3v) is 3.30. The van der Waals surface area contributed by atoms with Crippen LogP contribution in [0.3, 0.4) is 0 Å². The zero-order valence-corrected chi connectivity index (χ0v) is 11.1. The van der Waals surface area contributed by atoms with E-state index in [4.69, 9.17) is 0 Å². The molecule has 0 unspecified atom stereocenters. The van der Waals surface area contributed by atoms with E-state index in [0.717, 1.165) is 5.56 Å². The number of carbonyl (C=O) groups excluding carboxylic acids is 3. The Morgan fingerprint density at radius 2 is 2.16 bits per heavy atom. The van der Waals surface area contributed by atoms with Gasteiger partial charge < -0.3 is 5.32 Å². The summed E-state index contributed by atoms with van der Waals surface area (Å²) in [6.07, 6.45) is 0.618. The number of hydrogen-bond acceptors (Lipinski definition) is 4. The molecule has 96 valence electrons. The average Bonchev–Trinajstić information content (AvgIpc) is 2.64. The fourth-order valence-corrected chi connectivity index (χ4v) is 2.13. The Bertz CT molecular complexity index is 625. The standard InChI is InChI=1S/C14H11NO3S/c1-9(16)19-7-3-2-4-10-5-6-11-12(8-10)15-14(18)13(11)17/h5-6,8H,3,7H2,1H3,(H,15,17,18). The normalized spacial score (nSPS) is 12.5. The summed E-state index contributed by atoms with van der Waals surface area (Å²) in [5.74, 6) is 5.45. The van der Waals surface area contributed by atoms with Crippen LogP contribution in [0.5, 0.6) is 0 Å². The highest BCUT2D eigenvalue weighted by Crippen LogP contribution is 2.23. The zero-order chi connectivity index (χ0) is 13.8. The van der Waals surface area contributed by atoms with E-state index in [1.807, 2.05) is 0 Å². The fraction of sp³-hybridized carbons (Fsp3) is 0.214. The van der Waals surface area contributed by atoms with Crippen LogP contribution >= 0.6 is 11.8 Å². The van der Waals surface area contributed by atoms with Crippen LogP contribution in [0.15, 0.2) is 18.2 Å². The zero-order valence-electron chi connectivity index (χ0n) is 10.3. The van der Waals surface area contributed by atoms with Crippen molar-refractivity contribution in [3.63, 3.8) is 0 Å². The first-order valence-corrected chi connectivity index (χ1v) is 6.68. The quantitative estimate of drug-likeness (QED) is 0.507. The van der Waals surface area contributed by atoms with E-state index in [-0.39, 0.29) is 5.12 Å². The van der Waals surface area contributed by atoms with E-state index in [9.17, 15) is 14.4 Å². The van der Waals surface area contributed by atoms with E-state index in [0.29, 0.717) is 23.4 Å². The highest BCUT2D eigenvalue weighted by molar-refractivity contribution is 8.13. The summed E-state index contributed by atoms with van der Waals surface area (Å²) >= 11 is 1.24. The number of amides is 1. The number of fused-ring (bicyclic) bond motifs is 1. The minimum Gasteiger partial charge on any atom is -0.318 e. The SMILES string of the molecule is CC(=O)SCCC#Cc1ccc2c(c1)NC(=O)C2=O. The monoisotopic (exact) mass is 273 g/mol. The fourth-order valence-electron chi connectivity index (χ4n) is 1.64. The smallest absolute Gasteiger partial charge is 0.296 e. The number of ketones is 1. The summed E-state index contributed by atoms with van der Waals surface area (Å²) in [5, 5.41) is 2.58. The maximum absolute atomic E-state index is 11.4. The topological polar surface area (TPSA) is 63.2 Å². The third-order valence-electron chi connectivity index (χ3n) is 2.48. The molecule has 1 amide bonds. The molecular weight excluding hydrogens is 262 g/mol. The highest BCUT2D eigenvalue weighted by Gasteiger charge is 2.27. The van der Waals surface area contributed by atoms with Crippen molar-refractivity contribution in [2.24, 2.45) is 0 Å². The van der Waals surface area contributed by atoms with Gasteiger partial charge in [-0.2, -0.15) is 0 Å². The van der Waals surface area contributed by atoms with Crippen molar-refractivity contribution in [1.29, 1.82) is 0 Å². The first kappa shape index (κ1) is 13.4. The molecule has 0 aromatic heterocycles. The molecule has 0 radical (unpaired) electrons. The van der Waals surface area contributed by atoms with Gasteiger partial charge in [0, 0.05) is 24.7 Å². The molecule has 0 atom stereocenters. The minimum absolute atomic E-state index is 0.0838. The third kappa shape index (κ3) is 3.24. The number of hydrogen-bond donors (Lipinski definition) is 1. The van der Waals surface area contributed by atoms with E-state index in [1.165, 1.54) is 18.7 Å². The highest BCUT2D eigenvalue weighted by atomic mass is 32.2. The summed E-state index contributed by atoms with van der Waals surface area (Å²) in [5.41, 5.74) is 1.64. The second-order valence-electron chi connectivity index (χ2n) is 3.94. The lowest BCUT2D eigenvalue weighted by atomic mass is 10.1. The van der Waals surface area contributed by atoms with Gasteiger partial charge in [-0.15, -0.1) is 0 Å². The van der Waals surface area contributed by atoms with Crippen molar-refractivity contribution in [3.05, 3.63) is 29.3 Å². The lowest BCUT2D eigenvalue weighted by Crippen LogP contribution is -2.12. The van der Waals surface area contributed by atoms with E-state index in [1.54, 1.807) is 18.2 Å². The van der Waals surface area contributed by atoms with Crippen LogP contribution in [0.2, 0.25) is 0 Å². The molecule has 1 aromatic carbocycles. The van der Waals surface area contributed by atoms with Crippen molar-refractivity contribution in [2.75, 3.05) is 11.1 Å². The van der Waals surface area contributed by atoms with Crippen LogP contribution in [0.1, 0.15) is 29.3 Å². The van der Waals surface area contributed by atoms with Gasteiger partial charge in [-0.25, -0.2) is 0 Å². The molecular formula is C14H11NO3S. The Balaban J connectivity index is 2.02. The van der Waals surface area contributed by atoms with Gasteiger partial charge >= 0.3 is 0 Å². The van der Waals surface area contributed by atoms with Gasteiger partial charge in [-0.05, 0) is 18.2 Å². The molecule has 0 saturated heterocycles. The maximum atomic E-state index is 11.4. The van der Waals surface area contributed by atoms with Crippen molar-refractivity contribution in [1.82, 2.24) is 0 Å². The van der Waals surface area contributed by atoms with Crippen molar-refractivity contribution < 1.29 is 14.4 Å². The molecule has 0 spiro atoms. The molecule has 0 saturated carbocycles. The average molecular weight is 273 g/mol. The van der Waals surface area contributed by atoms with Crippen molar-refractivity contribution >= 4 is 34.3 Å². The summed E-state index contributed by atoms with van der Waals surface area (Å²) in [7, 11) is 0. The molecule has 1 N–H and O–H groups in total. The van der Waals surface area contributed by atoms with Gasteiger partial charge in [0.2, 0.25) is 0 Å². The summed E-state index contributed by atoms with van der Waals surface area (Å²) < 4.78 is 0. The molecule has 1 aromatic rings. The van der Waals surface area contributed by atoms with Crippen molar-refractivity contribution in [3.8, 4) is 11.8 Å². The number of benzene rings is 1. The lowest BCUT2D eigenvalue weighted by Gasteiger charge is -1.97. The van der Waals surface area contributed by atoms with Crippen LogP contribution in [-0.4, -0.2) is 22.6 Å². The van der Waals surface area contributed by atoms with Gasteiger partial charge in [0.1, 0.15) is 0 Å². The van der Waals surface area contributed by atoms with Gasteiger partial charge in [0.05, 0.1) is 11.3 Å². The maximum Gasteiger partial charge on any atom is 0.296 e. The number of carbonyl (C=O) groups is 3. The van der Waals surface area contributed by atoms with Crippen LogP contribution in [0.4, 0.5) is 5.69 Å². The Labute approximate surface area is 115 Å². The second kappa shape index (κ2) is 5.72. The molecule has 4 nitrogen and oxygen atoms in total. The molecule has 19 heavy (non-hydrogen) atoms. The lowest BCUT2D eigenvalue weighted by molar-refractivity contribution is -0.112. The van der Waals surface area contributed by atoms with Crippen LogP contribution in [0, 0.1) is 11.8 Å². The minimum atomic E-state index is -0.599. The first-order valence-electron chi connectivity index (χ1n) is 5.70. The molecule has 1 heterocycles. The number of Topliss-reactive ketones (excluding diaryl/α,β-unsaturated/α-hetero) is 1. The van der Waals surface area contributed by atoms with Gasteiger partial charge in [0.15, 0.2) is 5.12 Å². The van der Waals surface area contributed by atoms with Gasteiger partial charge in [-0.3, -0.25) is 14.4 Å². The summed E-state index contributed by atoms with van der Waals surface area (Å²) in [6.45, 7) is 1.53. The molecule has 0 fully saturated rings. The second-order valence-corrected chi connectivity index (χ2v) is 5.21. The Hall–Kier alpha value is -2.06. The number of nitrogens with one attached hydrogen (secondary N) is 1. The Morgan fingerprint density at radius 1 is 1.37 bits per heavy atom. The van der Waals surface area contributed by atoms with Crippen LogP contribution < -0.4 is 5.32 Å². The number of anilines is 1. The molecule has 1 aliphatic rings. The van der Waals surface area contributed by atoms with Crippen LogP contribution in [0.25, 0.3) is 0 Å². The molecule has 2 rings (SSSR count). The first-order chi connectivity index (χ1) is 9.08. The largest absolute Gasteiger partial charge is 0.318 e. The molecule has 0 aliphatic carbocycles. The molecule has 5 heteroatoms. The summed E-state index contributed by atoms with van der Waals surface area (Å²) in [6, 6.07) is 5.00. The van der Waals surface area contributed by atoms with Gasteiger partial charge in [-0.1, -0.05) is 23.6 Å². The van der Waals surface area contributed by atoms with Crippen molar-refractivity contribution in [2.45, 2.75) is 13.3 Å². The number of thioether (sulfide) groups is 1. The van der Waals surface area contributed by atoms with E-state index < -0.39 is 11.7 Å².